The number of hydrogen-bond acceptors (Lipinski definition) is 4. The van der Waals surface area contributed by atoms with E-state index < -0.39 is 17.4 Å². The lowest BCUT2D eigenvalue weighted by molar-refractivity contribution is -0.151. The van der Waals surface area contributed by atoms with E-state index in [1.807, 2.05) is 43.3 Å². The number of methoxy groups -OCH3 is 1. The largest absolute Gasteiger partial charge is 0.469 e. The van der Waals surface area contributed by atoms with Crippen molar-refractivity contribution in [3.05, 3.63) is 47.5 Å². The van der Waals surface area contributed by atoms with Crippen molar-refractivity contribution >= 4 is 11.9 Å². The van der Waals surface area contributed by atoms with Crippen LogP contribution in [0.1, 0.15) is 11.1 Å². The predicted octanol–water partition coefficient (Wildman–Crippen LogP) is 1.45. The predicted molar refractivity (Wildman–Crippen MR) is 82.3 cm³/mol. The van der Waals surface area contributed by atoms with E-state index in [-0.39, 0.29) is 18.0 Å². The van der Waals surface area contributed by atoms with Crippen LogP contribution in [0.5, 0.6) is 0 Å². The van der Waals surface area contributed by atoms with Crippen LogP contribution in [0.4, 0.5) is 0 Å². The Morgan fingerprint density at radius 2 is 2.13 bits per heavy atom. The standard InChI is InChI=1S/C18H19NO4/c1-11-3-5-12(6-4-11)9-19-10-18-8-7-13(23-18)14(17(21)22-2)15(18)16(19)20/h3-8,13-15H,9-10H2,1-2H3/t13-,14?,15-,18?/m1/s1. The van der Waals surface area contributed by atoms with Gasteiger partial charge in [-0.2, -0.15) is 0 Å². The maximum atomic E-state index is 12.9. The molecular weight excluding hydrogens is 294 g/mol. The summed E-state index contributed by atoms with van der Waals surface area (Å²) in [6.07, 6.45) is 3.51. The first-order chi connectivity index (χ1) is 11.0. The lowest BCUT2D eigenvalue weighted by atomic mass is 9.77. The fourth-order valence-electron chi connectivity index (χ4n) is 4.03. The number of esters is 1. The minimum Gasteiger partial charge on any atom is -0.469 e. The number of nitrogens with zero attached hydrogens (tertiary/aromatic N) is 1. The fraction of sp³-hybridized carbons (Fsp3) is 0.444. The molecule has 4 atom stereocenters. The summed E-state index contributed by atoms with van der Waals surface area (Å²) < 4.78 is 10.9. The molecule has 5 heteroatoms. The van der Waals surface area contributed by atoms with E-state index in [9.17, 15) is 9.59 Å². The van der Waals surface area contributed by atoms with Crippen molar-refractivity contribution in [1.82, 2.24) is 4.90 Å². The lowest BCUT2D eigenvalue weighted by Crippen LogP contribution is -2.39. The van der Waals surface area contributed by atoms with Crippen LogP contribution in [-0.2, 0) is 25.6 Å². The lowest BCUT2D eigenvalue weighted by Gasteiger charge is -2.22. The molecular formula is C18H19NO4. The SMILES string of the molecule is COC(=O)C1[C@H]2C=CC3(CN(Cc4ccc(C)cc4)C(=O)[C@@H]13)O2. The van der Waals surface area contributed by atoms with Gasteiger partial charge >= 0.3 is 5.97 Å². The van der Waals surface area contributed by atoms with E-state index in [1.54, 1.807) is 4.90 Å². The van der Waals surface area contributed by atoms with Crippen molar-refractivity contribution in [1.29, 1.82) is 0 Å². The van der Waals surface area contributed by atoms with Gasteiger partial charge in [-0.3, -0.25) is 9.59 Å². The average Bonchev–Trinajstić information content (AvgIpc) is 3.18. The summed E-state index contributed by atoms with van der Waals surface area (Å²) in [7, 11) is 1.36. The van der Waals surface area contributed by atoms with Gasteiger partial charge in [0.1, 0.15) is 11.5 Å². The highest BCUT2D eigenvalue weighted by Crippen LogP contribution is 2.52. The number of hydrogen-bond donors (Lipinski definition) is 0. The van der Waals surface area contributed by atoms with E-state index in [1.165, 1.54) is 12.7 Å². The van der Waals surface area contributed by atoms with E-state index in [2.05, 4.69) is 0 Å². The third kappa shape index (κ3) is 2.03. The zero-order valence-electron chi connectivity index (χ0n) is 13.2. The summed E-state index contributed by atoms with van der Waals surface area (Å²) in [4.78, 5) is 26.8. The Morgan fingerprint density at radius 1 is 1.39 bits per heavy atom. The highest BCUT2D eigenvalue weighted by molar-refractivity contribution is 5.91. The van der Waals surface area contributed by atoms with Crippen LogP contribution in [-0.4, -0.2) is 42.1 Å². The van der Waals surface area contributed by atoms with Gasteiger partial charge in [0.15, 0.2) is 0 Å². The first kappa shape index (κ1) is 14.5. The van der Waals surface area contributed by atoms with Crippen LogP contribution in [0.2, 0.25) is 0 Å². The molecule has 0 radical (unpaired) electrons. The Labute approximate surface area is 134 Å². The Hall–Kier alpha value is -2.14. The Morgan fingerprint density at radius 3 is 2.83 bits per heavy atom. The number of rotatable bonds is 3. The molecule has 3 aliphatic rings. The molecule has 120 valence electrons. The van der Waals surface area contributed by atoms with Crippen molar-refractivity contribution in [3.8, 4) is 0 Å². The van der Waals surface area contributed by atoms with Crippen LogP contribution < -0.4 is 0 Å². The second-order valence-electron chi connectivity index (χ2n) is 6.60. The topological polar surface area (TPSA) is 55.8 Å². The molecule has 1 spiro atoms. The summed E-state index contributed by atoms with van der Waals surface area (Å²) in [5.74, 6) is -1.37. The van der Waals surface area contributed by atoms with E-state index in [0.29, 0.717) is 13.1 Å². The van der Waals surface area contributed by atoms with E-state index in [4.69, 9.17) is 9.47 Å². The average molecular weight is 313 g/mol. The first-order valence-corrected chi connectivity index (χ1v) is 7.83. The molecule has 0 aromatic heterocycles. The normalized spacial score (nSPS) is 34.1. The van der Waals surface area contributed by atoms with Gasteiger partial charge in [-0.15, -0.1) is 0 Å². The van der Waals surface area contributed by atoms with Gasteiger partial charge in [-0.05, 0) is 12.5 Å². The number of likely N-dealkylation sites (tertiary alicyclic amines) is 1. The zero-order chi connectivity index (χ0) is 16.2. The number of aryl methyl sites for hydroxylation is 1. The van der Waals surface area contributed by atoms with Crippen molar-refractivity contribution < 1.29 is 19.1 Å². The smallest absolute Gasteiger partial charge is 0.312 e. The number of ether oxygens (including phenoxy) is 2. The van der Waals surface area contributed by atoms with Crippen LogP contribution in [0, 0.1) is 18.8 Å². The number of carbonyl (C=O) groups is 2. The minimum atomic E-state index is -0.661. The maximum absolute atomic E-state index is 12.9. The molecule has 0 N–H and O–H groups in total. The fourth-order valence-corrected chi connectivity index (χ4v) is 4.03. The second kappa shape index (κ2) is 4.93. The summed E-state index contributed by atoms with van der Waals surface area (Å²) in [6, 6.07) is 8.13. The molecule has 1 amide bonds. The summed E-state index contributed by atoms with van der Waals surface area (Å²) in [6.45, 7) is 3.06. The van der Waals surface area contributed by atoms with Crippen LogP contribution in [0.25, 0.3) is 0 Å². The number of amides is 1. The number of benzene rings is 1. The van der Waals surface area contributed by atoms with Crippen LogP contribution in [0.15, 0.2) is 36.4 Å². The van der Waals surface area contributed by atoms with E-state index >= 15 is 0 Å². The minimum absolute atomic E-state index is 0.0205. The molecule has 3 aliphatic heterocycles. The molecule has 5 nitrogen and oxygen atoms in total. The van der Waals surface area contributed by atoms with Crippen molar-refractivity contribution in [2.75, 3.05) is 13.7 Å². The molecule has 1 aromatic rings. The Kier molecular flexibility index (Phi) is 3.10. The third-order valence-corrected chi connectivity index (χ3v) is 5.15. The molecule has 2 unspecified atom stereocenters. The monoisotopic (exact) mass is 313 g/mol. The van der Waals surface area contributed by atoms with Gasteiger partial charge in [0.2, 0.25) is 5.91 Å². The second-order valence-corrected chi connectivity index (χ2v) is 6.60. The Bertz CT molecular complexity index is 695. The highest BCUT2D eigenvalue weighted by Gasteiger charge is 2.67. The molecule has 23 heavy (non-hydrogen) atoms. The van der Waals surface area contributed by atoms with Crippen LogP contribution >= 0.6 is 0 Å². The summed E-state index contributed by atoms with van der Waals surface area (Å²) in [5.41, 5.74) is 1.60. The molecule has 1 aromatic carbocycles. The van der Waals surface area contributed by atoms with Gasteiger partial charge in [0.25, 0.3) is 0 Å². The van der Waals surface area contributed by atoms with Gasteiger partial charge in [-0.25, -0.2) is 0 Å². The van der Waals surface area contributed by atoms with Crippen molar-refractivity contribution in [2.45, 2.75) is 25.2 Å². The molecule has 0 saturated carbocycles. The quantitative estimate of drug-likeness (QED) is 0.626. The Balaban J connectivity index is 1.60. The molecule has 2 bridgehead atoms. The van der Waals surface area contributed by atoms with Gasteiger partial charge < -0.3 is 14.4 Å². The third-order valence-electron chi connectivity index (χ3n) is 5.15. The zero-order valence-corrected chi connectivity index (χ0v) is 13.2. The molecule has 0 aliphatic carbocycles. The van der Waals surface area contributed by atoms with Crippen LogP contribution in [0.3, 0.4) is 0 Å². The van der Waals surface area contributed by atoms with Gasteiger partial charge in [0, 0.05) is 6.54 Å². The van der Waals surface area contributed by atoms with Gasteiger partial charge in [0.05, 0.1) is 25.7 Å². The summed E-state index contributed by atoms with van der Waals surface area (Å²) in [5, 5.41) is 0. The maximum Gasteiger partial charge on any atom is 0.312 e. The molecule has 2 saturated heterocycles. The molecule has 2 fully saturated rings. The van der Waals surface area contributed by atoms with Gasteiger partial charge in [-0.1, -0.05) is 42.0 Å². The number of fused-ring (bicyclic) bond motifs is 1. The molecule has 3 heterocycles. The summed E-state index contributed by atoms with van der Waals surface area (Å²) >= 11 is 0. The molecule has 4 rings (SSSR count). The highest BCUT2D eigenvalue weighted by atomic mass is 16.5. The number of carbonyl (C=O) groups excluding carboxylic acids is 2. The van der Waals surface area contributed by atoms with Crippen molar-refractivity contribution in [3.63, 3.8) is 0 Å². The first-order valence-electron chi connectivity index (χ1n) is 7.83. The van der Waals surface area contributed by atoms with E-state index in [0.717, 1.165) is 5.56 Å². The van der Waals surface area contributed by atoms with Crippen molar-refractivity contribution in [2.24, 2.45) is 11.8 Å².